The van der Waals surface area contributed by atoms with E-state index in [4.69, 9.17) is 11.6 Å². The zero-order valence-corrected chi connectivity index (χ0v) is 22.0. The van der Waals surface area contributed by atoms with Gasteiger partial charge in [-0.25, -0.2) is 0 Å². The van der Waals surface area contributed by atoms with Crippen LogP contribution in [0.15, 0.2) is 127 Å². The highest BCUT2D eigenvalue weighted by molar-refractivity contribution is 7.17. The van der Waals surface area contributed by atoms with Gasteiger partial charge in [0.15, 0.2) is 8.07 Å². The second-order valence-electron chi connectivity index (χ2n) is 9.57. The fourth-order valence-electron chi connectivity index (χ4n) is 6.13. The summed E-state index contributed by atoms with van der Waals surface area (Å²) in [4.78, 5) is 0. The summed E-state index contributed by atoms with van der Waals surface area (Å²) < 4.78 is 0. The molecule has 1 aliphatic carbocycles. The fourth-order valence-corrected chi connectivity index (χ4v) is 11.9. The minimum absolute atomic E-state index is 0.533. The molecule has 35 heavy (non-hydrogen) atoms. The molecule has 5 rings (SSSR count). The molecule has 0 N–H and O–H groups in total. The standard InChI is InChI=1S/C33H33ClSi/c34-26-32(33(27-16-6-1-7-17-27)28-18-8-2-9-19-28)35(29-20-10-3-11-21-29,30-22-12-4-13-23-30)31-24-14-5-15-25-31/h1,3-7,10-17,20-25,28H,2,8-9,18-19,26H2/b33-32+. The molecule has 0 radical (unpaired) electrons. The molecule has 0 bridgehead atoms. The van der Waals surface area contributed by atoms with Gasteiger partial charge in [0.2, 0.25) is 0 Å². The summed E-state index contributed by atoms with van der Waals surface area (Å²) in [5.41, 5.74) is 2.85. The molecule has 0 aliphatic heterocycles. The Balaban J connectivity index is 1.93. The molecule has 4 aromatic rings. The lowest BCUT2D eigenvalue weighted by molar-refractivity contribution is 0.429. The lowest BCUT2D eigenvalue weighted by atomic mass is 9.81. The number of halogens is 1. The van der Waals surface area contributed by atoms with Crippen molar-refractivity contribution in [2.45, 2.75) is 32.1 Å². The highest BCUT2D eigenvalue weighted by Gasteiger charge is 2.45. The van der Waals surface area contributed by atoms with Crippen LogP contribution in [-0.4, -0.2) is 14.0 Å². The quantitative estimate of drug-likeness (QED) is 0.148. The lowest BCUT2D eigenvalue weighted by Crippen LogP contribution is -2.69. The first-order valence-electron chi connectivity index (χ1n) is 12.9. The van der Waals surface area contributed by atoms with Crippen LogP contribution in [0.1, 0.15) is 37.7 Å². The van der Waals surface area contributed by atoms with Crippen molar-refractivity contribution in [1.82, 2.24) is 0 Å². The molecule has 1 saturated carbocycles. The van der Waals surface area contributed by atoms with Gasteiger partial charge in [-0.05, 0) is 50.7 Å². The summed E-state index contributed by atoms with van der Waals surface area (Å²) in [6.07, 6.45) is 6.43. The third-order valence-corrected chi connectivity index (χ3v) is 13.1. The van der Waals surface area contributed by atoms with E-state index in [0.717, 1.165) is 0 Å². The Morgan fingerprint density at radius 2 is 0.971 bits per heavy atom. The molecule has 0 unspecified atom stereocenters. The Labute approximate surface area is 216 Å². The Kier molecular flexibility index (Phi) is 7.66. The summed E-state index contributed by atoms with van der Waals surface area (Å²) in [5.74, 6) is 1.08. The van der Waals surface area contributed by atoms with Crippen molar-refractivity contribution < 1.29 is 0 Å². The van der Waals surface area contributed by atoms with Crippen molar-refractivity contribution in [3.05, 3.63) is 132 Å². The Morgan fingerprint density at radius 3 is 1.37 bits per heavy atom. The highest BCUT2D eigenvalue weighted by Crippen LogP contribution is 2.40. The predicted molar refractivity (Wildman–Crippen MR) is 155 cm³/mol. The molecular weight excluding hydrogens is 460 g/mol. The van der Waals surface area contributed by atoms with Crippen LogP contribution in [-0.2, 0) is 0 Å². The summed E-state index contributed by atoms with van der Waals surface area (Å²) in [7, 11) is -2.64. The molecular formula is C33H33ClSi. The molecule has 0 atom stereocenters. The van der Waals surface area contributed by atoms with Crippen molar-refractivity contribution in [1.29, 1.82) is 0 Å². The normalized spacial score (nSPS) is 15.5. The number of benzene rings is 4. The zero-order chi connectivity index (χ0) is 23.9. The first kappa shape index (κ1) is 23.8. The number of allylic oxidation sites excluding steroid dienone is 2. The maximum absolute atomic E-state index is 7.14. The molecule has 0 heterocycles. The Morgan fingerprint density at radius 1 is 0.571 bits per heavy atom. The van der Waals surface area contributed by atoms with Crippen LogP contribution in [0, 0.1) is 5.92 Å². The third-order valence-electron chi connectivity index (χ3n) is 7.63. The lowest BCUT2D eigenvalue weighted by Gasteiger charge is -2.39. The van der Waals surface area contributed by atoms with Gasteiger partial charge in [-0.1, -0.05) is 141 Å². The average Bonchev–Trinajstić information content (AvgIpc) is 2.96. The Hall–Kier alpha value is -2.87. The first-order chi connectivity index (χ1) is 17.4. The molecule has 2 heteroatoms. The monoisotopic (exact) mass is 492 g/mol. The van der Waals surface area contributed by atoms with Crippen LogP contribution in [0.5, 0.6) is 0 Å². The van der Waals surface area contributed by atoms with Gasteiger partial charge in [0.05, 0.1) is 0 Å². The minimum Gasteiger partial charge on any atom is -0.122 e. The molecule has 176 valence electrons. The van der Waals surface area contributed by atoms with Crippen molar-refractivity contribution in [2.75, 3.05) is 5.88 Å². The molecule has 0 aromatic heterocycles. The van der Waals surface area contributed by atoms with E-state index in [9.17, 15) is 0 Å². The SMILES string of the molecule is ClC/C(=C(/c1ccccc1)C1CCCCC1)[Si](c1ccccc1)(c1ccccc1)c1ccccc1. The van der Waals surface area contributed by atoms with E-state index in [1.807, 2.05) is 0 Å². The topological polar surface area (TPSA) is 0 Å². The summed E-state index contributed by atoms with van der Waals surface area (Å²) in [6, 6.07) is 44.6. The second kappa shape index (κ2) is 11.2. The van der Waals surface area contributed by atoms with Gasteiger partial charge in [-0.15, -0.1) is 11.6 Å². The van der Waals surface area contributed by atoms with Gasteiger partial charge < -0.3 is 0 Å². The van der Waals surface area contributed by atoms with Gasteiger partial charge in [0.25, 0.3) is 0 Å². The highest BCUT2D eigenvalue weighted by atomic mass is 35.5. The van der Waals surface area contributed by atoms with Crippen molar-refractivity contribution in [3.63, 3.8) is 0 Å². The molecule has 0 amide bonds. The van der Waals surface area contributed by atoms with Crippen LogP contribution >= 0.6 is 11.6 Å². The zero-order valence-electron chi connectivity index (χ0n) is 20.2. The average molecular weight is 493 g/mol. The fraction of sp³-hybridized carbons (Fsp3) is 0.212. The number of alkyl halides is 1. The molecule has 1 fully saturated rings. The number of hydrogen-bond acceptors (Lipinski definition) is 0. The minimum atomic E-state index is -2.64. The van der Waals surface area contributed by atoms with Gasteiger partial charge >= 0.3 is 0 Å². The van der Waals surface area contributed by atoms with E-state index >= 15 is 0 Å². The summed E-state index contributed by atoms with van der Waals surface area (Å²) in [5, 5.41) is 5.65. The van der Waals surface area contributed by atoms with E-state index in [2.05, 4.69) is 121 Å². The van der Waals surface area contributed by atoms with Crippen LogP contribution in [0.25, 0.3) is 5.57 Å². The molecule has 1 aliphatic rings. The number of rotatable bonds is 7. The molecule has 0 spiro atoms. The Bertz CT molecular complexity index is 1130. The van der Waals surface area contributed by atoms with Gasteiger partial charge in [0.1, 0.15) is 0 Å². The summed E-state index contributed by atoms with van der Waals surface area (Å²) >= 11 is 7.14. The predicted octanol–water partition coefficient (Wildman–Crippen LogP) is 6.97. The van der Waals surface area contributed by atoms with Gasteiger partial charge in [0, 0.05) is 5.88 Å². The van der Waals surface area contributed by atoms with Gasteiger partial charge in [-0.3, -0.25) is 0 Å². The van der Waals surface area contributed by atoms with Crippen LogP contribution < -0.4 is 15.6 Å². The maximum atomic E-state index is 7.14. The van der Waals surface area contributed by atoms with Crippen LogP contribution in [0.2, 0.25) is 0 Å². The van der Waals surface area contributed by atoms with E-state index in [1.54, 1.807) is 0 Å². The number of hydrogen-bond donors (Lipinski definition) is 0. The molecule has 4 aromatic carbocycles. The second-order valence-corrected chi connectivity index (χ2v) is 13.7. The first-order valence-corrected chi connectivity index (χ1v) is 15.4. The van der Waals surface area contributed by atoms with Crippen molar-refractivity contribution in [3.8, 4) is 0 Å². The van der Waals surface area contributed by atoms with E-state index < -0.39 is 8.07 Å². The van der Waals surface area contributed by atoms with Crippen molar-refractivity contribution in [2.24, 2.45) is 5.92 Å². The van der Waals surface area contributed by atoms with Gasteiger partial charge in [-0.2, -0.15) is 0 Å². The maximum Gasteiger partial charge on any atom is 0.177 e. The van der Waals surface area contributed by atoms with Crippen LogP contribution in [0.3, 0.4) is 0 Å². The largest absolute Gasteiger partial charge is 0.177 e. The van der Waals surface area contributed by atoms with E-state index in [0.29, 0.717) is 11.8 Å². The summed E-state index contributed by atoms with van der Waals surface area (Å²) in [6.45, 7) is 0. The van der Waals surface area contributed by atoms with Crippen LogP contribution in [0.4, 0.5) is 0 Å². The third kappa shape index (κ3) is 4.68. The van der Waals surface area contributed by atoms with E-state index in [-0.39, 0.29) is 0 Å². The van der Waals surface area contributed by atoms with Crippen molar-refractivity contribution >= 4 is 40.8 Å². The molecule has 0 saturated heterocycles. The molecule has 0 nitrogen and oxygen atoms in total. The smallest absolute Gasteiger partial charge is 0.122 e. The van der Waals surface area contributed by atoms with E-state index in [1.165, 1.54) is 64.0 Å².